The normalized spacial score (nSPS) is 13.9. The number of carbonyl (C=O) groups excluding carboxylic acids is 3. The molecule has 0 amide bonds. The summed E-state index contributed by atoms with van der Waals surface area (Å²) in [5.41, 5.74) is 0.186. The van der Waals surface area contributed by atoms with Gasteiger partial charge in [0, 0.05) is 11.8 Å². The largest absolute Gasteiger partial charge is 0.465 e. The van der Waals surface area contributed by atoms with Gasteiger partial charge in [-0.3, -0.25) is 14.4 Å². The third-order valence-electron chi connectivity index (χ3n) is 2.82. The molecule has 0 rings (SSSR count). The van der Waals surface area contributed by atoms with Crippen LogP contribution in [0.3, 0.4) is 0 Å². The molecule has 1 unspecified atom stereocenters. The number of ketones is 2. The second kappa shape index (κ2) is 7.22. The highest BCUT2D eigenvalue weighted by molar-refractivity contribution is 5.98. The van der Waals surface area contributed by atoms with Gasteiger partial charge in [0.15, 0.2) is 0 Å². The molecule has 4 nitrogen and oxygen atoms in total. The summed E-state index contributed by atoms with van der Waals surface area (Å²) in [5.74, 6) is -1.52. The number of ether oxygens (including phenoxy) is 1. The Morgan fingerprint density at radius 1 is 1.16 bits per heavy atom. The maximum atomic E-state index is 11.9. The molecule has 0 aliphatic heterocycles. The number of esters is 1. The van der Waals surface area contributed by atoms with E-state index in [1.807, 2.05) is 13.0 Å². The predicted octanol–water partition coefficient (Wildman–Crippen LogP) is 2.71. The van der Waals surface area contributed by atoms with Crippen molar-refractivity contribution in [2.24, 2.45) is 11.3 Å². The Hall–Kier alpha value is -1.45. The lowest BCUT2D eigenvalue weighted by Gasteiger charge is -2.28. The standard InChI is InChI=1S/C15H24O4/c1-7-19-14(18)13(12(4)17)15(5,6)9-10(2)8-11(3)16/h9,13H,7-8H2,1-6H3/b10-9+. The number of hydrogen-bond donors (Lipinski definition) is 0. The Morgan fingerprint density at radius 3 is 2.05 bits per heavy atom. The van der Waals surface area contributed by atoms with Gasteiger partial charge in [0.2, 0.25) is 0 Å². The Kier molecular flexibility index (Phi) is 6.67. The molecule has 0 saturated heterocycles. The first-order valence-corrected chi connectivity index (χ1v) is 6.46. The highest BCUT2D eigenvalue weighted by Gasteiger charge is 2.38. The van der Waals surface area contributed by atoms with E-state index < -0.39 is 17.3 Å². The van der Waals surface area contributed by atoms with Gasteiger partial charge in [-0.2, -0.15) is 0 Å². The Morgan fingerprint density at radius 2 is 1.68 bits per heavy atom. The third-order valence-corrected chi connectivity index (χ3v) is 2.82. The van der Waals surface area contributed by atoms with Crippen molar-refractivity contribution in [1.29, 1.82) is 0 Å². The summed E-state index contributed by atoms with van der Waals surface area (Å²) in [6.07, 6.45) is 2.15. The summed E-state index contributed by atoms with van der Waals surface area (Å²) in [6, 6.07) is 0. The van der Waals surface area contributed by atoms with Gasteiger partial charge in [-0.05, 0) is 27.7 Å². The van der Waals surface area contributed by atoms with Crippen molar-refractivity contribution in [3.8, 4) is 0 Å². The van der Waals surface area contributed by atoms with Crippen molar-refractivity contribution in [1.82, 2.24) is 0 Å². The van der Waals surface area contributed by atoms with Gasteiger partial charge in [-0.1, -0.05) is 25.5 Å². The van der Waals surface area contributed by atoms with Gasteiger partial charge in [0.1, 0.15) is 17.5 Å². The van der Waals surface area contributed by atoms with Crippen LogP contribution in [0.25, 0.3) is 0 Å². The van der Waals surface area contributed by atoms with Gasteiger partial charge in [0.05, 0.1) is 6.61 Å². The lowest BCUT2D eigenvalue weighted by Crippen LogP contribution is -2.36. The Bertz CT molecular complexity index is 391. The summed E-state index contributed by atoms with van der Waals surface area (Å²) >= 11 is 0. The molecule has 0 heterocycles. The van der Waals surface area contributed by atoms with Gasteiger partial charge in [-0.15, -0.1) is 0 Å². The minimum absolute atomic E-state index is 0.0556. The maximum Gasteiger partial charge on any atom is 0.317 e. The van der Waals surface area contributed by atoms with Crippen LogP contribution < -0.4 is 0 Å². The summed E-state index contributed by atoms with van der Waals surface area (Å²) < 4.78 is 4.96. The number of Topliss-reactive ketones (excluding diaryl/α,β-unsaturated/α-hetero) is 2. The molecule has 0 aliphatic carbocycles. The van der Waals surface area contributed by atoms with E-state index >= 15 is 0 Å². The number of hydrogen-bond acceptors (Lipinski definition) is 4. The Labute approximate surface area is 115 Å². The van der Waals surface area contributed by atoms with Crippen molar-refractivity contribution in [2.75, 3.05) is 6.61 Å². The van der Waals surface area contributed by atoms with E-state index in [1.165, 1.54) is 13.8 Å². The molecular formula is C15H24O4. The van der Waals surface area contributed by atoms with Crippen LogP contribution in [-0.2, 0) is 19.1 Å². The van der Waals surface area contributed by atoms with Crippen LogP contribution in [-0.4, -0.2) is 24.1 Å². The lowest BCUT2D eigenvalue weighted by atomic mass is 9.75. The van der Waals surface area contributed by atoms with Crippen LogP contribution in [0.4, 0.5) is 0 Å². The van der Waals surface area contributed by atoms with Gasteiger partial charge in [-0.25, -0.2) is 0 Å². The first kappa shape index (κ1) is 17.6. The summed E-state index contributed by atoms with van der Waals surface area (Å²) in [6.45, 7) is 10.3. The summed E-state index contributed by atoms with van der Waals surface area (Å²) in [4.78, 5) is 34.7. The molecule has 0 aliphatic rings. The zero-order valence-electron chi connectivity index (χ0n) is 12.7. The minimum atomic E-state index is -0.839. The average Bonchev–Trinajstić information content (AvgIpc) is 2.12. The number of rotatable bonds is 7. The molecule has 0 aromatic rings. The molecule has 0 saturated carbocycles. The molecule has 0 spiro atoms. The molecular weight excluding hydrogens is 244 g/mol. The molecule has 108 valence electrons. The quantitative estimate of drug-likeness (QED) is 0.404. The number of allylic oxidation sites excluding steroid dienone is 2. The van der Waals surface area contributed by atoms with Gasteiger partial charge < -0.3 is 4.74 Å². The SMILES string of the molecule is CCOC(=O)C(C(C)=O)C(C)(C)/C=C(\C)CC(C)=O. The van der Waals surface area contributed by atoms with Gasteiger partial charge in [0.25, 0.3) is 0 Å². The van der Waals surface area contributed by atoms with Crippen LogP contribution in [0.5, 0.6) is 0 Å². The average molecular weight is 268 g/mol. The minimum Gasteiger partial charge on any atom is -0.465 e. The molecule has 0 aromatic heterocycles. The fourth-order valence-electron chi connectivity index (χ4n) is 2.38. The maximum absolute atomic E-state index is 11.9. The van der Waals surface area contributed by atoms with Gasteiger partial charge >= 0.3 is 5.97 Å². The molecule has 4 heteroatoms. The van der Waals surface area contributed by atoms with E-state index in [2.05, 4.69) is 0 Å². The van der Waals surface area contributed by atoms with E-state index in [4.69, 9.17) is 4.74 Å². The van der Waals surface area contributed by atoms with E-state index in [9.17, 15) is 14.4 Å². The fraction of sp³-hybridized carbons (Fsp3) is 0.667. The molecule has 0 aromatic carbocycles. The van der Waals surface area contributed by atoms with Crippen LogP contribution in [0.1, 0.15) is 48.0 Å². The van der Waals surface area contributed by atoms with Crippen molar-refractivity contribution in [3.05, 3.63) is 11.6 Å². The van der Waals surface area contributed by atoms with Crippen LogP contribution in [0.15, 0.2) is 11.6 Å². The summed E-state index contributed by atoms with van der Waals surface area (Å²) in [7, 11) is 0. The molecule has 0 N–H and O–H groups in total. The molecule has 0 bridgehead atoms. The van der Waals surface area contributed by atoms with Crippen molar-refractivity contribution >= 4 is 17.5 Å². The first-order valence-electron chi connectivity index (χ1n) is 6.46. The Balaban J connectivity index is 5.25. The topological polar surface area (TPSA) is 60.4 Å². The van der Waals surface area contributed by atoms with Crippen molar-refractivity contribution in [3.63, 3.8) is 0 Å². The monoisotopic (exact) mass is 268 g/mol. The van der Waals surface area contributed by atoms with Crippen LogP contribution in [0.2, 0.25) is 0 Å². The highest BCUT2D eigenvalue weighted by Crippen LogP contribution is 2.32. The zero-order chi connectivity index (χ0) is 15.2. The van der Waals surface area contributed by atoms with E-state index in [-0.39, 0.29) is 18.2 Å². The van der Waals surface area contributed by atoms with Crippen LogP contribution in [0, 0.1) is 11.3 Å². The predicted molar refractivity (Wildman–Crippen MR) is 73.6 cm³/mol. The smallest absolute Gasteiger partial charge is 0.317 e. The van der Waals surface area contributed by atoms with Crippen LogP contribution >= 0.6 is 0 Å². The molecule has 19 heavy (non-hydrogen) atoms. The highest BCUT2D eigenvalue weighted by atomic mass is 16.5. The lowest BCUT2D eigenvalue weighted by molar-refractivity contribution is -0.154. The molecule has 0 radical (unpaired) electrons. The second-order valence-electron chi connectivity index (χ2n) is 5.49. The second-order valence-corrected chi connectivity index (χ2v) is 5.49. The van der Waals surface area contributed by atoms with Crippen molar-refractivity contribution < 1.29 is 19.1 Å². The molecule has 1 atom stereocenters. The molecule has 0 fully saturated rings. The third kappa shape index (κ3) is 5.81. The van der Waals surface area contributed by atoms with E-state index in [0.29, 0.717) is 6.42 Å². The zero-order valence-corrected chi connectivity index (χ0v) is 12.7. The number of carbonyl (C=O) groups is 3. The fourth-order valence-corrected chi connectivity index (χ4v) is 2.38. The van der Waals surface area contributed by atoms with Crippen molar-refractivity contribution in [2.45, 2.75) is 48.0 Å². The summed E-state index contributed by atoms with van der Waals surface area (Å²) in [5, 5.41) is 0. The first-order chi connectivity index (χ1) is 8.61. The van der Waals surface area contributed by atoms with E-state index in [1.54, 1.807) is 20.8 Å². The van der Waals surface area contributed by atoms with E-state index in [0.717, 1.165) is 5.57 Å².